The van der Waals surface area contributed by atoms with Crippen molar-refractivity contribution in [2.75, 3.05) is 5.32 Å². The van der Waals surface area contributed by atoms with Crippen LogP contribution in [0.15, 0.2) is 28.9 Å². The summed E-state index contributed by atoms with van der Waals surface area (Å²) >= 11 is 8.82. The summed E-state index contributed by atoms with van der Waals surface area (Å²) in [6.45, 7) is 0. The molecule has 1 N–H and O–H groups in total. The topological polar surface area (TPSA) is 24.9 Å². The van der Waals surface area contributed by atoms with Gasteiger partial charge in [0.2, 0.25) is 0 Å². The number of benzene rings is 1. The first-order chi connectivity index (χ1) is 8.47. The molecule has 7 heteroatoms. The van der Waals surface area contributed by atoms with Crippen molar-refractivity contribution in [1.29, 1.82) is 0 Å². The average molecular weight is 338 g/mol. The zero-order chi connectivity index (χ0) is 13.3. The Labute approximate surface area is 114 Å². The van der Waals surface area contributed by atoms with E-state index in [1.165, 1.54) is 12.3 Å². The Balaban J connectivity index is 2.40. The summed E-state index contributed by atoms with van der Waals surface area (Å²) in [5.74, 6) is -2.91. The van der Waals surface area contributed by atoms with Gasteiger partial charge in [0.05, 0.1) is 9.50 Å². The molecule has 0 saturated carbocycles. The van der Waals surface area contributed by atoms with E-state index in [1.54, 1.807) is 0 Å². The summed E-state index contributed by atoms with van der Waals surface area (Å²) in [7, 11) is 0. The molecule has 0 aliphatic carbocycles. The predicted molar refractivity (Wildman–Crippen MR) is 66.5 cm³/mol. The first kappa shape index (κ1) is 13.2. The minimum Gasteiger partial charge on any atom is -0.334 e. The second-order valence-corrected chi connectivity index (χ2v) is 4.64. The SMILES string of the molecule is Fc1cc(F)c(Nc2ncc(Cl)cc2Br)c(F)c1. The minimum absolute atomic E-state index is 0.170. The van der Waals surface area contributed by atoms with Crippen molar-refractivity contribution in [3.8, 4) is 0 Å². The van der Waals surface area contributed by atoms with Crippen molar-refractivity contribution in [3.05, 3.63) is 51.3 Å². The van der Waals surface area contributed by atoms with E-state index in [0.717, 1.165) is 0 Å². The third-order valence-electron chi connectivity index (χ3n) is 2.06. The van der Waals surface area contributed by atoms with Gasteiger partial charge >= 0.3 is 0 Å². The van der Waals surface area contributed by atoms with Gasteiger partial charge in [-0.25, -0.2) is 18.2 Å². The zero-order valence-electron chi connectivity index (χ0n) is 8.65. The van der Waals surface area contributed by atoms with Gasteiger partial charge in [-0.1, -0.05) is 11.6 Å². The molecule has 0 radical (unpaired) electrons. The number of halogens is 5. The maximum atomic E-state index is 13.4. The molecule has 0 aliphatic heterocycles. The van der Waals surface area contributed by atoms with E-state index < -0.39 is 23.1 Å². The second kappa shape index (κ2) is 5.16. The smallest absolute Gasteiger partial charge is 0.152 e. The molecular formula is C11H5BrClF3N2. The van der Waals surface area contributed by atoms with Crippen molar-refractivity contribution in [1.82, 2.24) is 4.98 Å². The van der Waals surface area contributed by atoms with Crippen LogP contribution in [-0.2, 0) is 0 Å². The molecule has 2 rings (SSSR count). The predicted octanol–water partition coefficient (Wildman–Crippen LogP) is 4.66. The van der Waals surface area contributed by atoms with Crippen LogP contribution in [0.3, 0.4) is 0 Å². The van der Waals surface area contributed by atoms with E-state index in [1.807, 2.05) is 0 Å². The van der Waals surface area contributed by atoms with Crippen LogP contribution < -0.4 is 5.32 Å². The molecule has 1 heterocycles. The lowest BCUT2D eigenvalue weighted by molar-refractivity contribution is 0.548. The van der Waals surface area contributed by atoms with Crippen molar-refractivity contribution >= 4 is 39.0 Å². The number of hydrogen-bond acceptors (Lipinski definition) is 2. The summed E-state index contributed by atoms with van der Waals surface area (Å²) in [6, 6.07) is 2.67. The largest absolute Gasteiger partial charge is 0.334 e. The number of aromatic nitrogens is 1. The molecule has 1 aromatic carbocycles. The van der Waals surface area contributed by atoms with Gasteiger partial charge in [-0.05, 0) is 22.0 Å². The molecule has 0 atom stereocenters. The van der Waals surface area contributed by atoms with Crippen molar-refractivity contribution in [3.63, 3.8) is 0 Å². The molecule has 0 saturated heterocycles. The van der Waals surface area contributed by atoms with Crippen molar-refractivity contribution < 1.29 is 13.2 Å². The first-order valence-corrected chi connectivity index (χ1v) is 5.87. The number of pyridine rings is 1. The highest BCUT2D eigenvalue weighted by Gasteiger charge is 2.13. The molecule has 0 spiro atoms. The van der Waals surface area contributed by atoms with Crippen molar-refractivity contribution in [2.24, 2.45) is 0 Å². The lowest BCUT2D eigenvalue weighted by atomic mass is 10.2. The van der Waals surface area contributed by atoms with Gasteiger partial charge in [0.1, 0.15) is 17.3 Å². The van der Waals surface area contributed by atoms with Gasteiger partial charge in [-0.3, -0.25) is 0 Å². The number of hydrogen-bond donors (Lipinski definition) is 1. The van der Waals surface area contributed by atoms with Crippen LogP contribution in [0.5, 0.6) is 0 Å². The average Bonchev–Trinajstić information content (AvgIpc) is 2.25. The number of rotatable bonds is 2. The van der Waals surface area contributed by atoms with Crippen molar-refractivity contribution in [2.45, 2.75) is 0 Å². The standard InChI is InChI=1S/C11H5BrClF3N2/c12-7-1-5(13)4-17-11(7)18-10-8(15)2-6(14)3-9(10)16/h1-4H,(H,17,18). The molecule has 2 nitrogen and oxygen atoms in total. The molecule has 0 fully saturated rings. The molecule has 0 aliphatic rings. The fourth-order valence-corrected chi connectivity index (χ4v) is 2.02. The van der Waals surface area contributed by atoms with Crippen LogP contribution in [-0.4, -0.2) is 4.98 Å². The molecule has 2 aromatic rings. The molecule has 0 bridgehead atoms. The Morgan fingerprint density at radius 2 is 1.72 bits per heavy atom. The Morgan fingerprint density at radius 1 is 1.11 bits per heavy atom. The van der Waals surface area contributed by atoms with Crippen LogP contribution in [0.2, 0.25) is 5.02 Å². The van der Waals surface area contributed by atoms with Gasteiger partial charge in [0, 0.05) is 18.3 Å². The Kier molecular flexibility index (Phi) is 3.77. The highest BCUT2D eigenvalue weighted by atomic mass is 79.9. The van der Waals surface area contributed by atoms with Crippen LogP contribution in [0.1, 0.15) is 0 Å². The molecule has 94 valence electrons. The van der Waals surface area contributed by atoms with E-state index in [2.05, 4.69) is 26.2 Å². The lowest BCUT2D eigenvalue weighted by Crippen LogP contribution is -2.01. The van der Waals surface area contributed by atoms with Gasteiger partial charge in [-0.15, -0.1) is 0 Å². The summed E-state index contributed by atoms with van der Waals surface area (Å²) < 4.78 is 40.0. The number of nitrogens with zero attached hydrogens (tertiary/aromatic N) is 1. The molecule has 0 amide bonds. The summed E-state index contributed by atoms with van der Waals surface area (Å²) in [6.07, 6.45) is 1.31. The van der Waals surface area contributed by atoms with Crippen LogP contribution in [0, 0.1) is 17.5 Å². The van der Waals surface area contributed by atoms with Crippen LogP contribution >= 0.6 is 27.5 Å². The number of nitrogens with one attached hydrogen (secondary N) is 1. The first-order valence-electron chi connectivity index (χ1n) is 4.70. The van der Waals surface area contributed by atoms with E-state index in [-0.39, 0.29) is 5.82 Å². The molecular weight excluding hydrogens is 332 g/mol. The van der Waals surface area contributed by atoms with Crippen LogP contribution in [0.25, 0.3) is 0 Å². The second-order valence-electron chi connectivity index (χ2n) is 3.35. The van der Waals surface area contributed by atoms with E-state index in [0.29, 0.717) is 21.6 Å². The summed E-state index contributed by atoms with van der Waals surface area (Å²) in [4.78, 5) is 3.86. The highest BCUT2D eigenvalue weighted by Crippen LogP contribution is 2.29. The fraction of sp³-hybridized carbons (Fsp3) is 0. The maximum absolute atomic E-state index is 13.4. The van der Waals surface area contributed by atoms with Gasteiger partial charge in [0.25, 0.3) is 0 Å². The monoisotopic (exact) mass is 336 g/mol. The van der Waals surface area contributed by atoms with Gasteiger partial charge in [-0.2, -0.15) is 0 Å². The van der Waals surface area contributed by atoms with Crippen LogP contribution in [0.4, 0.5) is 24.7 Å². The van der Waals surface area contributed by atoms with Gasteiger partial charge < -0.3 is 5.32 Å². The zero-order valence-corrected chi connectivity index (χ0v) is 11.0. The normalized spacial score (nSPS) is 10.5. The van der Waals surface area contributed by atoms with E-state index in [9.17, 15) is 13.2 Å². The minimum atomic E-state index is -1.05. The van der Waals surface area contributed by atoms with E-state index >= 15 is 0 Å². The quantitative estimate of drug-likeness (QED) is 0.862. The highest BCUT2D eigenvalue weighted by molar-refractivity contribution is 9.10. The summed E-state index contributed by atoms with van der Waals surface area (Å²) in [5.41, 5.74) is -0.480. The maximum Gasteiger partial charge on any atom is 0.152 e. The van der Waals surface area contributed by atoms with E-state index in [4.69, 9.17) is 11.6 Å². The number of anilines is 2. The Bertz CT molecular complexity index is 584. The third-order valence-corrected chi connectivity index (χ3v) is 2.87. The Morgan fingerprint density at radius 3 is 2.28 bits per heavy atom. The summed E-state index contributed by atoms with van der Waals surface area (Å²) in [5, 5.41) is 2.80. The van der Waals surface area contributed by atoms with Gasteiger partial charge in [0.15, 0.2) is 11.6 Å². The fourth-order valence-electron chi connectivity index (χ4n) is 1.29. The Hall–Kier alpha value is -1.27. The molecule has 18 heavy (non-hydrogen) atoms. The third kappa shape index (κ3) is 2.76. The molecule has 0 unspecified atom stereocenters. The molecule has 1 aromatic heterocycles. The lowest BCUT2D eigenvalue weighted by Gasteiger charge is -2.09.